The molecular formula is C14H11BrF3N2. The molecule has 6 heteroatoms. The Balaban J connectivity index is 2.32. The lowest BCUT2D eigenvalue weighted by Gasteiger charge is -2.15. The molecule has 2 aromatic rings. The van der Waals surface area contributed by atoms with E-state index in [1.54, 1.807) is 18.2 Å². The molecule has 0 amide bonds. The topological polar surface area (TPSA) is 24.9 Å². The summed E-state index contributed by atoms with van der Waals surface area (Å²) in [6.07, 6.45) is -1.11. The van der Waals surface area contributed by atoms with Crippen molar-refractivity contribution in [2.24, 2.45) is 0 Å². The number of benzene rings is 1. The molecule has 0 fully saturated rings. The number of nitrogens with zero attached hydrogens (tertiary/aromatic N) is 1. The molecule has 1 radical (unpaired) electrons. The van der Waals surface area contributed by atoms with E-state index in [0.717, 1.165) is 11.8 Å². The van der Waals surface area contributed by atoms with Gasteiger partial charge in [0.05, 0.1) is 23.1 Å². The van der Waals surface area contributed by atoms with Crippen LogP contribution in [0.3, 0.4) is 0 Å². The first-order valence-corrected chi connectivity index (χ1v) is 6.58. The van der Waals surface area contributed by atoms with E-state index >= 15 is 0 Å². The maximum absolute atomic E-state index is 13.0. The Hall–Kier alpha value is -1.56. The summed E-state index contributed by atoms with van der Waals surface area (Å²) in [5.41, 5.74) is 0.541. The number of nitrogens with one attached hydrogen (secondary N) is 1. The predicted octanol–water partition coefficient (Wildman–Crippen LogP) is 5.18. The molecular weight excluding hydrogens is 333 g/mol. The van der Waals surface area contributed by atoms with Crippen LogP contribution in [-0.4, -0.2) is 4.98 Å². The second-order valence-electron chi connectivity index (χ2n) is 4.07. The minimum absolute atomic E-state index is 0.00396. The lowest BCUT2D eigenvalue weighted by atomic mass is 10.1. The van der Waals surface area contributed by atoms with Crippen LogP contribution < -0.4 is 5.32 Å². The Bertz CT molecular complexity index is 594. The van der Waals surface area contributed by atoms with Crippen LogP contribution in [0.5, 0.6) is 0 Å². The van der Waals surface area contributed by atoms with E-state index in [4.69, 9.17) is 0 Å². The van der Waals surface area contributed by atoms with Crippen molar-refractivity contribution in [1.82, 2.24) is 4.98 Å². The molecule has 105 valence electrons. The molecule has 0 spiro atoms. The summed E-state index contributed by atoms with van der Waals surface area (Å²) < 4.78 is 39.3. The van der Waals surface area contributed by atoms with Crippen molar-refractivity contribution in [3.63, 3.8) is 0 Å². The van der Waals surface area contributed by atoms with Crippen molar-refractivity contribution in [3.8, 4) is 0 Å². The van der Waals surface area contributed by atoms with E-state index in [0.29, 0.717) is 10.2 Å². The third kappa shape index (κ3) is 3.50. The summed E-state index contributed by atoms with van der Waals surface area (Å²) in [5, 5.41) is 2.74. The van der Waals surface area contributed by atoms with Gasteiger partial charge in [-0.05, 0) is 30.3 Å². The number of alkyl halides is 3. The van der Waals surface area contributed by atoms with Gasteiger partial charge in [0, 0.05) is 16.6 Å². The zero-order valence-corrected chi connectivity index (χ0v) is 12.1. The summed E-state index contributed by atoms with van der Waals surface area (Å²) >= 11 is 3.05. The van der Waals surface area contributed by atoms with Crippen LogP contribution in [0.1, 0.15) is 18.2 Å². The Morgan fingerprint density at radius 1 is 1.20 bits per heavy atom. The van der Waals surface area contributed by atoms with Crippen molar-refractivity contribution in [2.75, 3.05) is 5.32 Å². The third-order valence-electron chi connectivity index (χ3n) is 2.65. The molecule has 1 heterocycles. The van der Waals surface area contributed by atoms with Gasteiger partial charge in [0.1, 0.15) is 0 Å². The van der Waals surface area contributed by atoms with Gasteiger partial charge in [-0.3, -0.25) is 4.98 Å². The van der Waals surface area contributed by atoms with E-state index in [2.05, 4.69) is 26.2 Å². The molecule has 0 bridgehead atoms. The summed E-state index contributed by atoms with van der Waals surface area (Å²) in [5.74, 6) is 0. The van der Waals surface area contributed by atoms with Crippen LogP contribution in [0.15, 0.2) is 41.0 Å². The van der Waals surface area contributed by atoms with Gasteiger partial charge < -0.3 is 5.32 Å². The van der Waals surface area contributed by atoms with Gasteiger partial charge in [-0.1, -0.05) is 22.9 Å². The Morgan fingerprint density at radius 3 is 2.50 bits per heavy atom. The molecule has 2 rings (SSSR count). The first kappa shape index (κ1) is 14.8. The van der Waals surface area contributed by atoms with E-state index < -0.39 is 11.7 Å². The van der Waals surface area contributed by atoms with Gasteiger partial charge in [0.25, 0.3) is 0 Å². The molecule has 1 aromatic carbocycles. The largest absolute Gasteiger partial charge is 0.418 e. The van der Waals surface area contributed by atoms with Gasteiger partial charge >= 0.3 is 6.18 Å². The SMILES string of the molecule is C[CH]c1ccc(Nc2ccc(Br)cc2C(F)(F)F)cn1. The molecule has 0 saturated carbocycles. The van der Waals surface area contributed by atoms with Crippen LogP contribution in [-0.2, 0) is 6.18 Å². The van der Waals surface area contributed by atoms with Crippen molar-refractivity contribution in [2.45, 2.75) is 13.1 Å². The fraction of sp³-hybridized carbons (Fsp3) is 0.143. The summed E-state index contributed by atoms with van der Waals surface area (Å²) in [6.45, 7) is 1.84. The van der Waals surface area contributed by atoms with Crippen molar-refractivity contribution in [3.05, 3.63) is 58.7 Å². The highest BCUT2D eigenvalue weighted by atomic mass is 79.9. The van der Waals surface area contributed by atoms with E-state index in [-0.39, 0.29) is 5.69 Å². The van der Waals surface area contributed by atoms with E-state index in [1.165, 1.54) is 12.3 Å². The number of hydrogen-bond donors (Lipinski definition) is 1. The van der Waals surface area contributed by atoms with Crippen LogP contribution >= 0.6 is 15.9 Å². The third-order valence-corrected chi connectivity index (χ3v) is 3.14. The maximum Gasteiger partial charge on any atom is 0.418 e. The zero-order chi connectivity index (χ0) is 14.8. The molecule has 0 aliphatic carbocycles. The number of pyridine rings is 1. The second kappa shape index (κ2) is 5.83. The monoisotopic (exact) mass is 343 g/mol. The first-order chi connectivity index (χ1) is 9.40. The highest BCUT2D eigenvalue weighted by Crippen LogP contribution is 2.37. The van der Waals surface area contributed by atoms with Gasteiger partial charge in [-0.15, -0.1) is 0 Å². The molecule has 1 aromatic heterocycles. The zero-order valence-electron chi connectivity index (χ0n) is 10.5. The van der Waals surface area contributed by atoms with Crippen molar-refractivity contribution in [1.29, 1.82) is 0 Å². The van der Waals surface area contributed by atoms with Crippen molar-refractivity contribution >= 4 is 27.3 Å². The summed E-state index contributed by atoms with van der Waals surface area (Å²) in [7, 11) is 0. The molecule has 0 aliphatic rings. The number of rotatable bonds is 3. The minimum Gasteiger partial charge on any atom is -0.354 e. The highest BCUT2D eigenvalue weighted by molar-refractivity contribution is 9.10. The van der Waals surface area contributed by atoms with Crippen molar-refractivity contribution < 1.29 is 13.2 Å². The minimum atomic E-state index is -4.42. The quantitative estimate of drug-likeness (QED) is 0.830. The molecule has 0 unspecified atom stereocenters. The molecule has 0 aliphatic heterocycles. The van der Waals surface area contributed by atoms with Gasteiger partial charge in [-0.2, -0.15) is 13.2 Å². The molecule has 20 heavy (non-hydrogen) atoms. The predicted molar refractivity (Wildman–Crippen MR) is 75.7 cm³/mol. The number of hydrogen-bond acceptors (Lipinski definition) is 2. The molecule has 0 saturated heterocycles. The Labute approximate surface area is 123 Å². The van der Waals surface area contributed by atoms with Gasteiger partial charge in [0.2, 0.25) is 0 Å². The first-order valence-electron chi connectivity index (χ1n) is 5.79. The summed E-state index contributed by atoms with van der Waals surface area (Å²) in [4.78, 5) is 4.09. The summed E-state index contributed by atoms with van der Waals surface area (Å²) in [6, 6.07) is 7.40. The molecule has 1 N–H and O–H groups in total. The average molecular weight is 344 g/mol. The standard InChI is InChI=1S/C14H11BrF3N2/c1-2-10-4-5-11(8-19-10)20-13-6-3-9(15)7-12(13)14(16,17)18/h2-8,20H,1H3. The fourth-order valence-electron chi connectivity index (χ4n) is 1.67. The average Bonchev–Trinajstić information content (AvgIpc) is 2.40. The Kier molecular flexibility index (Phi) is 4.32. The highest BCUT2D eigenvalue weighted by Gasteiger charge is 2.33. The second-order valence-corrected chi connectivity index (χ2v) is 4.99. The molecule has 2 nitrogen and oxygen atoms in total. The lowest BCUT2D eigenvalue weighted by Crippen LogP contribution is -2.09. The number of anilines is 2. The van der Waals surface area contributed by atoms with E-state index in [1.807, 2.05) is 13.3 Å². The fourth-order valence-corrected chi connectivity index (χ4v) is 2.03. The van der Waals surface area contributed by atoms with Gasteiger partial charge in [0.15, 0.2) is 0 Å². The maximum atomic E-state index is 13.0. The smallest absolute Gasteiger partial charge is 0.354 e. The van der Waals surface area contributed by atoms with E-state index in [9.17, 15) is 13.2 Å². The number of aromatic nitrogens is 1. The van der Waals surface area contributed by atoms with Crippen LogP contribution in [0.4, 0.5) is 24.5 Å². The van der Waals surface area contributed by atoms with Crippen LogP contribution in [0, 0.1) is 6.42 Å². The molecule has 0 atom stereocenters. The Morgan fingerprint density at radius 2 is 1.95 bits per heavy atom. The normalized spacial score (nSPS) is 11.4. The van der Waals surface area contributed by atoms with Crippen LogP contribution in [0.25, 0.3) is 0 Å². The van der Waals surface area contributed by atoms with Crippen LogP contribution in [0.2, 0.25) is 0 Å². The lowest BCUT2D eigenvalue weighted by molar-refractivity contribution is -0.137. The number of halogens is 4. The van der Waals surface area contributed by atoms with Gasteiger partial charge in [-0.25, -0.2) is 0 Å².